The van der Waals surface area contributed by atoms with Gasteiger partial charge in [-0.3, -0.25) is 0 Å². The summed E-state index contributed by atoms with van der Waals surface area (Å²) in [5.41, 5.74) is 4.82. The number of hydrogen-bond donors (Lipinski definition) is 1. The lowest BCUT2D eigenvalue weighted by Gasteiger charge is -2.07. The zero-order valence-electron chi connectivity index (χ0n) is 17.0. The van der Waals surface area contributed by atoms with Crippen molar-refractivity contribution in [2.75, 3.05) is 6.54 Å². The van der Waals surface area contributed by atoms with E-state index in [4.69, 9.17) is 4.74 Å². The molecule has 0 atom stereocenters. The van der Waals surface area contributed by atoms with Gasteiger partial charge >= 0.3 is 6.09 Å². The van der Waals surface area contributed by atoms with E-state index >= 15 is 0 Å². The van der Waals surface area contributed by atoms with Gasteiger partial charge in [-0.25, -0.2) is 4.79 Å². The predicted octanol–water partition coefficient (Wildman–Crippen LogP) is 5.55. The SMILES string of the molecule is O=C(NCCCc1cn(Cc2ccccc2)c2ccccc12)OCc1ccccc1. The molecule has 0 aliphatic carbocycles. The van der Waals surface area contributed by atoms with Crippen LogP contribution in [0.15, 0.2) is 91.1 Å². The van der Waals surface area contributed by atoms with Gasteiger partial charge in [0.2, 0.25) is 0 Å². The highest BCUT2D eigenvalue weighted by Crippen LogP contribution is 2.23. The van der Waals surface area contributed by atoms with Crippen LogP contribution in [0.5, 0.6) is 0 Å². The topological polar surface area (TPSA) is 43.3 Å². The molecule has 1 heterocycles. The van der Waals surface area contributed by atoms with Crippen LogP contribution in [0.2, 0.25) is 0 Å². The molecular weight excluding hydrogens is 372 g/mol. The highest BCUT2D eigenvalue weighted by Gasteiger charge is 2.09. The van der Waals surface area contributed by atoms with Gasteiger partial charge in [-0.2, -0.15) is 0 Å². The number of benzene rings is 3. The van der Waals surface area contributed by atoms with Gasteiger partial charge in [-0.05, 0) is 35.6 Å². The monoisotopic (exact) mass is 398 g/mol. The molecule has 0 saturated heterocycles. The Morgan fingerprint density at radius 2 is 1.50 bits per heavy atom. The summed E-state index contributed by atoms with van der Waals surface area (Å²) in [6.45, 7) is 1.73. The van der Waals surface area contributed by atoms with Gasteiger partial charge in [-0.1, -0.05) is 78.9 Å². The number of amides is 1. The van der Waals surface area contributed by atoms with Gasteiger partial charge in [0, 0.05) is 30.2 Å². The first kappa shape index (κ1) is 19.8. The Hall–Kier alpha value is -3.53. The van der Waals surface area contributed by atoms with Crippen molar-refractivity contribution in [2.24, 2.45) is 0 Å². The normalized spacial score (nSPS) is 10.8. The maximum Gasteiger partial charge on any atom is 0.407 e. The number of nitrogens with one attached hydrogen (secondary N) is 1. The predicted molar refractivity (Wildman–Crippen MR) is 120 cm³/mol. The number of alkyl carbamates (subject to hydrolysis) is 1. The van der Waals surface area contributed by atoms with E-state index in [1.165, 1.54) is 22.0 Å². The van der Waals surface area contributed by atoms with E-state index < -0.39 is 0 Å². The molecule has 0 spiro atoms. The molecule has 0 saturated carbocycles. The number of aromatic nitrogens is 1. The quantitative estimate of drug-likeness (QED) is 0.396. The molecule has 1 amide bonds. The van der Waals surface area contributed by atoms with Crippen molar-refractivity contribution in [1.29, 1.82) is 0 Å². The van der Waals surface area contributed by atoms with Crippen molar-refractivity contribution in [3.63, 3.8) is 0 Å². The van der Waals surface area contributed by atoms with Crippen molar-refractivity contribution in [3.05, 3.63) is 108 Å². The second-order valence-electron chi connectivity index (χ2n) is 7.38. The molecule has 4 nitrogen and oxygen atoms in total. The average Bonchev–Trinajstić information content (AvgIpc) is 3.14. The number of rotatable bonds is 8. The number of para-hydroxylation sites is 1. The first-order valence-corrected chi connectivity index (χ1v) is 10.3. The van der Waals surface area contributed by atoms with Crippen LogP contribution >= 0.6 is 0 Å². The Morgan fingerprint density at radius 3 is 2.27 bits per heavy atom. The van der Waals surface area contributed by atoms with E-state index in [9.17, 15) is 4.79 Å². The summed E-state index contributed by atoms with van der Waals surface area (Å²) in [6.07, 6.45) is 3.64. The second kappa shape index (κ2) is 9.79. The third-order valence-electron chi connectivity index (χ3n) is 5.17. The first-order chi connectivity index (χ1) is 14.8. The van der Waals surface area contributed by atoms with Crippen molar-refractivity contribution in [3.8, 4) is 0 Å². The Kier molecular flexibility index (Phi) is 6.45. The van der Waals surface area contributed by atoms with Crippen molar-refractivity contribution in [1.82, 2.24) is 9.88 Å². The fourth-order valence-corrected chi connectivity index (χ4v) is 3.68. The summed E-state index contributed by atoms with van der Waals surface area (Å²) in [6, 6.07) is 28.7. The molecule has 3 aromatic carbocycles. The Morgan fingerprint density at radius 1 is 0.833 bits per heavy atom. The number of carbonyl (C=O) groups excluding carboxylic acids is 1. The number of aryl methyl sites for hydroxylation is 1. The van der Waals surface area contributed by atoms with Crippen molar-refractivity contribution < 1.29 is 9.53 Å². The first-order valence-electron chi connectivity index (χ1n) is 10.3. The van der Waals surface area contributed by atoms with Gasteiger partial charge in [0.05, 0.1) is 0 Å². The van der Waals surface area contributed by atoms with Crippen LogP contribution in [0.3, 0.4) is 0 Å². The van der Waals surface area contributed by atoms with Gasteiger partial charge in [0.1, 0.15) is 6.61 Å². The standard InChI is InChI=1S/C26H26N2O2/c29-26(30-20-22-12-5-2-6-13-22)27-17-9-14-23-19-28(18-21-10-3-1-4-11-21)25-16-8-7-15-24(23)25/h1-8,10-13,15-16,19H,9,14,17-18,20H2,(H,27,29). The lowest BCUT2D eigenvalue weighted by molar-refractivity contribution is 0.139. The summed E-state index contributed by atoms with van der Waals surface area (Å²) in [5, 5.41) is 4.13. The third-order valence-corrected chi connectivity index (χ3v) is 5.17. The molecule has 4 aromatic rings. The van der Waals surface area contributed by atoms with Crippen LogP contribution in [-0.4, -0.2) is 17.2 Å². The average molecular weight is 399 g/mol. The second-order valence-corrected chi connectivity index (χ2v) is 7.38. The van der Waals surface area contributed by atoms with Crippen LogP contribution in [0.4, 0.5) is 4.79 Å². The molecule has 0 bridgehead atoms. The minimum atomic E-state index is -0.370. The molecule has 0 aliphatic rings. The Labute approximate surface area is 177 Å². The number of carbonyl (C=O) groups is 1. The fraction of sp³-hybridized carbons (Fsp3) is 0.192. The maximum absolute atomic E-state index is 11.9. The smallest absolute Gasteiger partial charge is 0.407 e. The molecule has 152 valence electrons. The molecule has 0 unspecified atom stereocenters. The molecule has 4 heteroatoms. The molecule has 0 radical (unpaired) electrons. The van der Waals surface area contributed by atoms with E-state index in [-0.39, 0.29) is 6.09 Å². The van der Waals surface area contributed by atoms with Crippen LogP contribution in [0.1, 0.15) is 23.1 Å². The van der Waals surface area contributed by atoms with Crippen LogP contribution in [0, 0.1) is 0 Å². The largest absolute Gasteiger partial charge is 0.445 e. The maximum atomic E-state index is 11.9. The van der Waals surface area contributed by atoms with Gasteiger partial charge < -0.3 is 14.6 Å². The molecule has 30 heavy (non-hydrogen) atoms. The number of hydrogen-bond acceptors (Lipinski definition) is 2. The highest BCUT2D eigenvalue weighted by molar-refractivity contribution is 5.84. The Balaban J connectivity index is 1.31. The molecule has 1 aromatic heterocycles. The summed E-state index contributed by atoms with van der Waals surface area (Å²) >= 11 is 0. The molecule has 4 rings (SSSR count). The fourth-order valence-electron chi connectivity index (χ4n) is 3.68. The van der Waals surface area contributed by atoms with Crippen LogP contribution < -0.4 is 5.32 Å². The van der Waals surface area contributed by atoms with Crippen LogP contribution in [0.25, 0.3) is 10.9 Å². The van der Waals surface area contributed by atoms with Crippen LogP contribution in [-0.2, 0) is 24.3 Å². The van der Waals surface area contributed by atoms with Crippen molar-refractivity contribution >= 4 is 17.0 Å². The molecule has 0 aliphatic heterocycles. The molecule has 0 fully saturated rings. The number of fused-ring (bicyclic) bond motifs is 1. The summed E-state index contributed by atoms with van der Waals surface area (Å²) in [5.74, 6) is 0. The molecular formula is C26H26N2O2. The zero-order chi connectivity index (χ0) is 20.6. The van der Waals surface area contributed by atoms with E-state index in [0.717, 1.165) is 24.9 Å². The van der Waals surface area contributed by atoms with E-state index in [1.807, 2.05) is 36.4 Å². The lowest BCUT2D eigenvalue weighted by Crippen LogP contribution is -2.25. The number of nitrogens with zero attached hydrogens (tertiary/aromatic N) is 1. The van der Waals surface area contributed by atoms with Gasteiger partial charge in [0.25, 0.3) is 0 Å². The van der Waals surface area contributed by atoms with Gasteiger partial charge in [-0.15, -0.1) is 0 Å². The highest BCUT2D eigenvalue weighted by atomic mass is 16.5. The molecule has 1 N–H and O–H groups in total. The van der Waals surface area contributed by atoms with Crippen molar-refractivity contribution in [2.45, 2.75) is 26.0 Å². The van der Waals surface area contributed by atoms with Gasteiger partial charge in [0.15, 0.2) is 0 Å². The lowest BCUT2D eigenvalue weighted by atomic mass is 10.1. The minimum absolute atomic E-state index is 0.291. The summed E-state index contributed by atoms with van der Waals surface area (Å²) < 4.78 is 7.57. The minimum Gasteiger partial charge on any atom is -0.445 e. The Bertz CT molecular complexity index is 1090. The zero-order valence-corrected chi connectivity index (χ0v) is 17.0. The van der Waals surface area contributed by atoms with E-state index in [2.05, 4.69) is 64.6 Å². The van der Waals surface area contributed by atoms with E-state index in [1.54, 1.807) is 0 Å². The van der Waals surface area contributed by atoms with E-state index in [0.29, 0.717) is 13.2 Å². The number of ether oxygens (including phenoxy) is 1. The summed E-state index contributed by atoms with van der Waals surface area (Å²) in [4.78, 5) is 11.9. The third kappa shape index (κ3) is 5.09. The summed E-state index contributed by atoms with van der Waals surface area (Å²) in [7, 11) is 0.